The molecule has 118 valence electrons. The Bertz CT molecular complexity index is 582. The van der Waals surface area contributed by atoms with Gasteiger partial charge in [-0.15, -0.1) is 0 Å². The van der Waals surface area contributed by atoms with Crippen molar-refractivity contribution in [3.05, 3.63) is 24.3 Å². The molecule has 1 aliphatic heterocycles. The summed E-state index contributed by atoms with van der Waals surface area (Å²) in [5.41, 5.74) is 23.1. The minimum atomic E-state index is -0.209. The Kier molecular flexibility index (Phi) is 4.82. The molecular formula is C14H21N7O. The van der Waals surface area contributed by atoms with E-state index >= 15 is 0 Å². The molecule has 0 aromatic heterocycles. The third-order valence-electron chi connectivity index (χ3n) is 3.60. The lowest BCUT2D eigenvalue weighted by atomic mass is 9.96. The van der Waals surface area contributed by atoms with Crippen LogP contribution < -0.4 is 27.8 Å². The number of benzene rings is 1. The van der Waals surface area contributed by atoms with Gasteiger partial charge in [0.2, 0.25) is 11.9 Å². The van der Waals surface area contributed by atoms with Gasteiger partial charge in [-0.1, -0.05) is 0 Å². The number of hydrogen-bond acceptors (Lipinski definition) is 3. The largest absolute Gasteiger partial charge is 0.371 e. The van der Waals surface area contributed by atoms with Crippen molar-refractivity contribution in [3.8, 4) is 0 Å². The topological polar surface area (TPSA) is 149 Å². The van der Waals surface area contributed by atoms with Gasteiger partial charge in [-0.25, -0.2) is 4.99 Å². The molecule has 22 heavy (non-hydrogen) atoms. The zero-order chi connectivity index (χ0) is 16.1. The first-order chi connectivity index (χ1) is 10.5. The van der Waals surface area contributed by atoms with Crippen LogP contribution >= 0.6 is 0 Å². The maximum absolute atomic E-state index is 11.2. The number of amides is 1. The third-order valence-corrected chi connectivity index (χ3v) is 3.60. The molecule has 1 aromatic rings. The number of nitrogens with two attached hydrogens (primary N) is 4. The molecule has 0 bridgehead atoms. The minimum absolute atomic E-state index is 0.00928. The highest BCUT2D eigenvalue weighted by Gasteiger charge is 2.23. The molecule has 1 saturated heterocycles. The molecule has 0 radical (unpaired) electrons. The number of hydrogen-bond donors (Lipinski definition) is 4. The summed E-state index contributed by atoms with van der Waals surface area (Å²) in [6, 6.07) is 7.58. The summed E-state index contributed by atoms with van der Waals surface area (Å²) in [7, 11) is 0. The van der Waals surface area contributed by atoms with Crippen LogP contribution in [0.15, 0.2) is 34.3 Å². The summed E-state index contributed by atoms with van der Waals surface area (Å²) < 4.78 is 0. The predicted molar refractivity (Wildman–Crippen MR) is 87.7 cm³/mol. The third kappa shape index (κ3) is 4.11. The highest BCUT2D eigenvalue weighted by atomic mass is 16.1. The molecular weight excluding hydrogens is 282 g/mol. The molecule has 8 nitrogen and oxygen atoms in total. The van der Waals surface area contributed by atoms with Crippen LogP contribution in [0.2, 0.25) is 0 Å². The average molecular weight is 303 g/mol. The molecule has 0 spiro atoms. The summed E-state index contributed by atoms with van der Waals surface area (Å²) in [5.74, 6) is -0.343. The Morgan fingerprint density at radius 2 is 1.64 bits per heavy atom. The standard InChI is InChI=1S/C14H21N7O/c15-12(22)9-5-7-21(8-6-9)11-3-1-10(2-4-11)19-14(18)20-13(16)17/h1-4,9H,5-8H2,(H2,15,22)(H6,16,17,18,19,20). The highest BCUT2D eigenvalue weighted by molar-refractivity contribution is 5.93. The molecule has 1 aliphatic rings. The first-order valence-electron chi connectivity index (χ1n) is 7.04. The van der Waals surface area contributed by atoms with Gasteiger partial charge in [-0.3, -0.25) is 4.79 Å². The Morgan fingerprint density at radius 3 is 2.14 bits per heavy atom. The van der Waals surface area contributed by atoms with E-state index in [1.807, 2.05) is 24.3 Å². The van der Waals surface area contributed by atoms with E-state index in [0.29, 0.717) is 5.69 Å². The number of anilines is 1. The van der Waals surface area contributed by atoms with Crippen molar-refractivity contribution < 1.29 is 4.79 Å². The van der Waals surface area contributed by atoms with E-state index in [1.165, 1.54) is 0 Å². The van der Waals surface area contributed by atoms with Gasteiger partial charge in [0.05, 0.1) is 5.69 Å². The van der Waals surface area contributed by atoms with E-state index in [4.69, 9.17) is 22.9 Å². The van der Waals surface area contributed by atoms with Crippen molar-refractivity contribution >= 4 is 29.2 Å². The number of guanidine groups is 2. The fourth-order valence-electron chi connectivity index (χ4n) is 2.45. The van der Waals surface area contributed by atoms with Crippen LogP contribution in [0.3, 0.4) is 0 Å². The molecule has 8 heteroatoms. The molecule has 1 amide bonds. The highest BCUT2D eigenvalue weighted by Crippen LogP contribution is 2.25. The number of rotatable bonds is 3. The molecule has 1 aromatic carbocycles. The summed E-state index contributed by atoms with van der Waals surface area (Å²) >= 11 is 0. The first-order valence-corrected chi connectivity index (χ1v) is 7.04. The fourth-order valence-corrected chi connectivity index (χ4v) is 2.45. The van der Waals surface area contributed by atoms with E-state index in [2.05, 4.69) is 14.9 Å². The number of carbonyl (C=O) groups is 1. The summed E-state index contributed by atoms with van der Waals surface area (Å²) in [4.78, 5) is 21.1. The Morgan fingerprint density at radius 1 is 1.05 bits per heavy atom. The van der Waals surface area contributed by atoms with Crippen molar-refractivity contribution in [2.45, 2.75) is 12.8 Å². The molecule has 2 rings (SSSR count). The van der Waals surface area contributed by atoms with Crippen LogP contribution in [0.4, 0.5) is 11.4 Å². The van der Waals surface area contributed by atoms with Gasteiger partial charge >= 0.3 is 0 Å². The lowest BCUT2D eigenvalue weighted by molar-refractivity contribution is -0.122. The molecule has 8 N–H and O–H groups in total. The SMILES string of the molecule is NC(=O)C1CCN(c2ccc(N=C(N)N=C(N)N)cc2)CC1. The zero-order valence-electron chi connectivity index (χ0n) is 12.3. The summed E-state index contributed by atoms with van der Waals surface area (Å²) in [6.45, 7) is 1.62. The van der Waals surface area contributed by atoms with Crippen LogP contribution in [0.25, 0.3) is 0 Å². The van der Waals surface area contributed by atoms with Gasteiger partial charge < -0.3 is 27.8 Å². The van der Waals surface area contributed by atoms with E-state index in [0.717, 1.165) is 31.6 Å². The zero-order valence-corrected chi connectivity index (χ0v) is 12.3. The van der Waals surface area contributed by atoms with Gasteiger partial charge in [0.15, 0.2) is 5.96 Å². The molecule has 0 unspecified atom stereocenters. The van der Waals surface area contributed by atoms with Crippen molar-refractivity contribution in [2.75, 3.05) is 18.0 Å². The number of piperidine rings is 1. The second-order valence-electron chi connectivity index (χ2n) is 5.19. The van der Waals surface area contributed by atoms with Crippen molar-refractivity contribution in [1.82, 2.24) is 0 Å². The van der Waals surface area contributed by atoms with Crippen LogP contribution in [0, 0.1) is 5.92 Å². The molecule has 1 fully saturated rings. The van der Waals surface area contributed by atoms with Gasteiger partial charge in [0.25, 0.3) is 0 Å². The normalized spacial score (nSPS) is 16.4. The van der Waals surface area contributed by atoms with Gasteiger partial charge in [0, 0.05) is 24.7 Å². The van der Waals surface area contributed by atoms with Crippen molar-refractivity contribution in [2.24, 2.45) is 38.8 Å². The van der Waals surface area contributed by atoms with E-state index in [-0.39, 0.29) is 23.7 Å². The predicted octanol–water partition coefficient (Wildman–Crippen LogP) is -0.392. The van der Waals surface area contributed by atoms with Crippen LogP contribution in [0.1, 0.15) is 12.8 Å². The molecule has 0 aliphatic carbocycles. The number of carbonyl (C=O) groups excluding carboxylic acids is 1. The summed E-state index contributed by atoms with van der Waals surface area (Å²) in [5, 5.41) is 0. The minimum Gasteiger partial charge on any atom is -0.371 e. The van der Waals surface area contributed by atoms with E-state index in [9.17, 15) is 4.79 Å². The van der Waals surface area contributed by atoms with Crippen LogP contribution in [0.5, 0.6) is 0 Å². The van der Waals surface area contributed by atoms with Crippen LogP contribution in [-0.4, -0.2) is 30.9 Å². The average Bonchev–Trinajstić information content (AvgIpc) is 2.47. The lowest BCUT2D eigenvalue weighted by Crippen LogP contribution is -2.38. The molecule has 0 saturated carbocycles. The van der Waals surface area contributed by atoms with Crippen LogP contribution in [-0.2, 0) is 4.79 Å². The van der Waals surface area contributed by atoms with Gasteiger partial charge in [0.1, 0.15) is 0 Å². The lowest BCUT2D eigenvalue weighted by Gasteiger charge is -2.32. The number of primary amides is 1. The van der Waals surface area contributed by atoms with E-state index in [1.54, 1.807) is 0 Å². The summed E-state index contributed by atoms with van der Waals surface area (Å²) in [6.07, 6.45) is 1.57. The smallest absolute Gasteiger partial charge is 0.223 e. The molecule has 0 atom stereocenters. The maximum atomic E-state index is 11.2. The second kappa shape index (κ2) is 6.79. The number of aliphatic imine (C=N–C) groups is 2. The second-order valence-corrected chi connectivity index (χ2v) is 5.19. The van der Waals surface area contributed by atoms with Crippen molar-refractivity contribution in [3.63, 3.8) is 0 Å². The van der Waals surface area contributed by atoms with Gasteiger partial charge in [-0.05, 0) is 37.1 Å². The Balaban J connectivity index is 2.01. The Labute approximate surface area is 128 Å². The quantitative estimate of drug-likeness (QED) is 0.443. The number of nitrogens with zero attached hydrogens (tertiary/aromatic N) is 3. The first kappa shape index (κ1) is 15.6. The fraction of sp³-hybridized carbons (Fsp3) is 0.357. The van der Waals surface area contributed by atoms with Crippen molar-refractivity contribution in [1.29, 1.82) is 0 Å². The Hall–Kier alpha value is -2.77. The van der Waals surface area contributed by atoms with Gasteiger partial charge in [-0.2, -0.15) is 4.99 Å². The molecule has 1 heterocycles. The maximum Gasteiger partial charge on any atom is 0.223 e. The van der Waals surface area contributed by atoms with E-state index < -0.39 is 0 Å². The monoisotopic (exact) mass is 303 g/mol.